The Bertz CT molecular complexity index is 924. The number of rotatable bonds is 12. The number of amides is 1. The van der Waals surface area contributed by atoms with Crippen molar-refractivity contribution in [2.24, 2.45) is 0 Å². The molecule has 0 aliphatic heterocycles. The molecule has 2 aromatic carbocycles. The van der Waals surface area contributed by atoms with E-state index in [2.05, 4.69) is 5.32 Å². The first-order valence-electron chi connectivity index (χ1n) is 9.68. The normalized spacial score (nSPS) is 11.6. The van der Waals surface area contributed by atoms with Crippen molar-refractivity contribution in [3.8, 4) is 0 Å². The van der Waals surface area contributed by atoms with Gasteiger partial charge in [-0.15, -0.1) is 0 Å². The second-order valence-corrected chi connectivity index (χ2v) is 9.30. The average molecular weight is 473 g/mol. The van der Waals surface area contributed by atoms with E-state index in [1.54, 1.807) is 0 Å². The van der Waals surface area contributed by atoms with Crippen LogP contribution < -0.4 is 5.32 Å². The molecule has 0 fully saturated rings. The maximum atomic E-state index is 13.3. The average Bonchev–Trinajstić information content (AvgIpc) is 2.73. The predicted molar refractivity (Wildman–Crippen MR) is 119 cm³/mol. The van der Waals surface area contributed by atoms with Gasteiger partial charge in [0.1, 0.15) is 4.90 Å². The van der Waals surface area contributed by atoms with E-state index < -0.39 is 10.0 Å². The first kappa shape index (κ1) is 24.6. The van der Waals surface area contributed by atoms with Gasteiger partial charge in [-0.3, -0.25) is 4.79 Å². The highest BCUT2D eigenvalue weighted by Gasteiger charge is 2.28. The predicted octanol–water partition coefficient (Wildman–Crippen LogP) is 3.77. The van der Waals surface area contributed by atoms with Crippen LogP contribution in [0.3, 0.4) is 0 Å². The van der Waals surface area contributed by atoms with E-state index in [-0.39, 0.29) is 33.9 Å². The van der Waals surface area contributed by atoms with Crippen LogP contribution in [0.2, 0.25) is 10.0 Å². The van der Waals surface area contributed by atoms with E-state index in [1.165, 1.54) is 18.2 Å². The summed E-state index contributed by atoms with van der Waals surface area (Å²) in [5, 5.41) is 3.04. The maximum Gasteiger partial charge on any atom is 0.245 e. The number of carbonyl (C=O) groups excluding carboxylic acids is 1. The van der Waals surface area contributed by atoms with Crippen molar-refractivity contribution >= 4 is 39.1 Å². The standard InChI is InChI=1S/C21H26Cl2N2O4S/c1-2-29-14-6-12-24-21(26)16-25(13-11-17-7-4-3-5-8-17)30(27,28)20-15-18(22)9-10-19(20)23/h3-5,7-10,15H,2,6,11-14,16H2,1H3,(H,24,26). The molecule has 164 valence electrons. The highest BCUT2D eigenvalue weighted by molar-refractivity contribution is 7.89. The van der Waals surface area contributed by atoms with Crippen molar-refractivity contribution < 1.29 is 17.9 Å². The molecule has 0 saturated heterocycles. The van der Waals surface area contributed by atoms with E-state index in [0.717, 1.165) is 9.87 Å². The number of hydrogen-bond donors (Lipinski definition) is 1. The molecule has 2 aromatic rings. The Balaban J connectivity index is 2.15. The topological polar surface area (TPSA) is 75.7 Å². The second kappa shape index (κ2) is 12.3. The smallest absolute Gasteiger partial charge is 0.245 e. The van der Waals surface area contributed by atoms with Crippen LogP contribution in [0, 0.1) is 0 Å². The summed E-state index contributed by atoms with van der Waals surface area (Å²) in [7, 11) is -4.03. The van der Waals surface area contributed by atoms with Crippen molar-refractivity contribution in [3.63, 3.8) is 0 Å². The molecule has 2 rings (SSSR count). The molecule has 6 nitrogen and oxygen atoms in total. The summed E-state index contributed by atoms with van der Waals surface area (Å²) in [4.78, 5) is 12.3. The zero-order chi connectivity index (χ0) is 22.0. The van der Waals surface area contributed by atoms with Gasteiger partial charge in [0, 0.05) is 31.3 Å². The van der Waals surface area contributed by atoms with Crippen LogP contribution in [-0.4, -0.2) is 51.5 Å². The molecule has 0 radical (unpaired) electrons. The highest BCUT2D eigenvalue weighted by atomic mass is 35.5. The number of ether oxygens (including phenoxy) is 1. The summed E-state index contributed by atoms with van der Waals surface area (Å²) in [6.45, 7) is 3.26. The fourth-order valence-electron chi connectivity index (χ4n) is 2.76. The van der Waals surface area contributed by atoms with Crippen molar-refractivity contribution in [1.29, 1.82) is 0 Å². The Kier molecular flexibility index (Phi) is 10.1. The fraction of sp³-hybridized carbons (Fsp3) is 0.381. The zero-order valence-electron chi connectivity index (χ0n) is 16.8. The number of carbonyl (C=O) groups is 1. The van der Waals surface area contributed by atoms with E-state index in [4.69, 9.17) is 27.9 Å². The van der Waals surface area contributed by atoms with Gasteiger partial charge in [0.2, 0.25) is 15.9 Å². The molecule has 0 aliphatic carbocycles. The molecule has 0 aliphatic rings. The Labute approximate surface area is 188 Å². The van der Waals surface area contributed by atoms with Crippen LogP contribution in [0.1, 0.15) is 18.9 Å². The lowest BCUT2D eigenvalue weighted by molar-refractivity contribution is -0.121. The number of nitrogens with one attached hydrogen (secondary N) is 1. The van der Waals surface area contributed by atoms with Gasteiger partial charge in [0.15, 0.2) is 0 Å². The molecule has 0 heterocycles. The largest absolute Gasteiger partial charge is 0.382 e. The van der Waals surface area contributed by atoms with Crippen LogP contribution in [0.15, 0.2) is 53.4 Å². The maximum absolute atomic E-state index is 13.3. The summed E-state index contributed by atoms with van der Waals surface area (Å²) < 4.78 is 32.9. The quantitative estimate of drug-likeness (QED) is 0.477. The zero-order valence-corrected chi connectivity index (χ0v) is 19.1. The fourth-order valence-corrected chi connectivity index (χ4v) is 4.89. The molecule has 9 heteroatoms. The molecular formula is C21H26Cl2N2O4S. The van der Waals surface area contributed by atoms with Gasteiger partial charge in [0.25, 0.3) is 0 Å². The van der Waals surface area contributed by atoms with Crippen LogP contribution in [0.4, 0.5) is 0 Å². The van der Waals surface area contributed by atoms with Crippen molar-refractivity contribution in [2.75, 3.05) is 32.8 Å². The molecule has 0 atom stereocenters. The van der Waals surface area contributed by atoms with E-state index in [0.29, 0.717) is 32.6 Å². The van der Waals surface area contributed by atoms with Crippen molar-refractivity contribution in [2.45, 2.75) is 24.7 Å². The Hall–Kier alpha value is -1.64. The first-order valence-corrected chi connectivity index (χ1v) is 11.9. The summed E-state index contributed by atoms with van der Waals surface area (Å²) >= 11 is 12.1. The third kappa shape index (κ3) is 7.56. The molecule has 0 unspecified atom stereocenters. The van der Waals surface area contributed by atoms with Gasteiger partial charge < -0.3 is 10.1 Å². The second-order valence-electron chi connectivity index (χ2n) is 6.55. The molecule has 0 spiro atoms. The van der Waals surface area contributed by atoms with Crippen LogP contribution in [0.25, 0.3) is 0 Å². The molecular weight excluding hydrogens is 447 g/mol. The van der Waals surface area contributed by atoms with Gasteiger partial charge in [-0.2, -0.15) is 4.31 Å². The van der Waals surface area contributed by atoms with Crippen LogP contribution in [-0.2, 0) is 26.0 Å². The number of sulfonamides is 1. The first-order chi connectivity index (χ1) is 14.3. The van der Waals surface area contributed by atoms with Gasteiger partial charge in [-0.05, 0) is 43.5 Å². The Morgan fingerprint density at radius 3 is 2.57 bits per heavy atom. The minimum Gasteiger partial charge on any atom is -0.382 e. The van der Waals surface area contributed by atoms with Gasteiger partial charge in [-0.25, -0.2) is 8.42 Å². The third-order valence-corrected chi connectivity index (χ3v) is 6.88. The van der Waals surface area contributed by atoms with Crippen LogP contribution in [0.5, 0.6) is 0 Å². The molecule has 1 N–H and O–H groups in total. The molecule has 0 aromatic heterocycles. The lowest BCUT2D eigenvalue weighted by atomic mass is 10.1. The van der Waals surface area contributed by atoms with Gasteiger partial charge >= 0.3 is 0 Å². The lowest BCUT2D eigenvalue weighted by Crippen LogP contribution is -2.42. The monoisotopic (exact) mass is 472 g/mol. The van der Waals surface area contributed by atoms with Gasteiger partial charge in [0.05, 0.1) is 11.6 Å². The Morgan fingerprint density at radius 1 is 1.13 bits per heavy atom. The SMILES string of the molecule is CCOCCCNC(=O)CN(CCc1ccccc1)S(=O)(=O)c1cc(Cl)ccc1Cl. The number of benzene rings is 2. The molecule has 0 bridgehead atoms. The van der Waals surface area contributed by atoms with E-state index >= 15 is 0 Å². The number of nitrogens with zero attached hydrogens (tertiary/aromatic N) is 1. The van der Waals surface area contributed by atoms with Crippen LogP contribution >= 0.6 is 23.2 Å². The lowest BCUT2D eigenvalue weighted by Gasteiger charge is -2.22. The summed E-state index contributed by atoms with van der Waals surface area (Å²) in [6.07, 6.45) is 1.10. The van der Waals surface area contributed by atoms with E-state index in [1.807, 2.05) is 37.3 Å². The number of hydrogen-bond acceptors (Lipinski definition) is 4. The highest BCUT2D eigenvalue weighted by Crippen LogP contribution is 2.27. The molecule has 0 saturated carbocycles. The minimum absolute atomic E-state index is 0.0567. The Morgan fingerprint density at radius 2 is 1.87 bits per heavy atom. The van der Waals surface area contributed by atoms with Crippen molar-refractivity contribution in [1.82, 2.24) is 9.62 Å². The minimum atomic E-state index is -4.03. The summed E-state index contributed by atoms with van der Waals surface area (Å²) in [5.74, 6) is -0.388. The molecule has 30 heavy (non-hydrogen) atoms. The summed E-state index contributed by atoms with van der Waals surface area (Å²) in [6, 6.07) is 13.7. The summed E-state index contributed by atoms with van der Waals surface area (Å²) in [5.41, 5.74) is 0.965. The number of halogens is 2. The molecule has 1 amide bonds. The van der Waals surface area contributed by atoms with Gasteiger partial charge in [-0.1, -0.05) is 53.5 Å². The van der Waals surface area contributed by atoms with E-state index in [9.17, 15) is 13.2 Å². The third-order valence-electron chi connectivity index (χ3n) is 4.32. The van der Waals surface area contributed by atoms with Crippen molar-refractivity contribution in [3.05, 3.63) is 64.1 Å².